The van der Waals surface area contributed by atoms with Crippen LogP contribution in [0.4, 0.5) is 21.9 Å². The highest BCUT2D eigenvalue weighted by molar-refractivity contribution is 8.15. The Hall–Kier alpha value is -3.31. The molecule has 3 rings (SSSR count). The van der Waals surface area contributed by atoms with E-state index in [0.717, 1.165) is 16.7 Å². The number of nitrogens with zero attached hydrogens (tertiary/aromatic N) is 2. The summed E-state index contributed by atoms with van der Waals surface area (Å²) in [6, 6.07) is 14.1. The van der Waals surface area contributed by atoms with Gasteiger partial charge in [-0.25, -0.2) is 4.90 Å². The second-order valence-corrected chi connectivity index (χ2v) is 7.46. The number of carbonyl (C=O) groups is 3. The Labute approximate surface area is 174 Å². The van der Waals surface area contributed by atoms with Gasteiger partial charge in [0.15, 0.2) is 5.11 Å². The molecular weight excluding hydrogens is 416 g/mol. The monoisotopic (exact) mass is 430 g/mol. The minimum Gasteiger partial charge on any atom is -0.332 e. The lowest BCUT2D eigenvalue weighted by atomic mass is 10.2. The fraction of sp³-hybridized carbons (Fsp3) is 0.111. The number of hydrogen-bond acceptors (Lipinski definition) is 7. The van der Waals surface area contributed by atoms with Gasteiger partial charge in [0.05, 0.1) is 10.6 Å². The first-order valence-electron chi connectivity index (χ1n) is 8.30. The quantitative estimate of drug-likeness (QED) is 0.422. The topological polar surface area (TPSA) is 122 Å². The highest BCUT2D eigenvalue weighted by Crippen LogP contribution is 2.33. The van der Waals surface area contributed by atoms with Crippen molar-refractivity contribution in [2.75, 3.05) is 10.2 Å². The summed E-state index contributed by atoms with van der Waals surface area (Å²) >= 11 is 5.81. The number of para-hydroxylation sites is 1. The third-order valence-corrected chi connectivity index (χ3v) is 5.12. The predicted molar refractivity (Wildman–Crippen MR) is 113 cm³/mol. The molecule has 0 radical (unpaired) electrons. The van der Waals surface area contributed by atoms with Crippen molar-refractivity contribution in [2.45, 2.75) is 11.7 Å². The summed E-state index contributed by atoms with van der Waals surface area (Å²) in [5.41, 5.74) is 0.651. The van der Waals surface area contributed by atoms with Crippen molar-refractivity contribution in [3.05, 3.63) is 64.7 Å². The van der Waals surface area contributed by atoms with Gasteiger partial charge < -0.3 is 10.6 Å². The molecular formula is C18H14N4O5S2. The maximum Gasteiger partial charge on any atom is 0.293 e. The molecule has 1 heterocycles. The number of carbonyl (C=O) groups excluding carboxylic acids is 3. The van der Waals surface area contributed by atoms with Crippen LogP contribution in [-0.2, 0) is 9.59 Å². The lowest BCUT2D eigenvalue weighted by Gasteiger charge is -2.14. The van der Waals surface area contributed by atoms with Crippen molar-refractivity contribution >= 4 is 63.2 Å². The second kappa shape index (κ2) is 8.80. The number of imide groups is 1. The molecule has 0 aromatic heterocycles. The maximum absolute atomic E-state index is 12.5. The molecule has 29 heavy (non-hydrogen) atoms. The van der Waals surface area contributed by atoms with Gasteiger partial charge in [-0.3, -0.25) is 24.5 Å². The fourth-order valence-corrected chi connectivity index (χ4v) is 3.82. The molecule has 2 aromatic carbocycles. The molecule has 1 aliphatic heterocycles. The normalized spacial score (nSPS) is 15.9. The Morgan fingerprint density at radius 1 is 1.17 bits per heavy atom. The summed E-state index contributed by atoms with van der Waals surface area (Å²) in [6.07, 6.45) is -0.241. The molecule has 0 bridgehead atoms. The van der Waals surface area contributed by atoms with E-state index in [0.29, 0.717) is 11.4 Å². The van der Waals surface area contributed by atoms with E-state index in [-0.39, 0.29) is 17.2 Å². The first-order chi connectivity index (χ1) is 13.8. The van der Waals surface area contributed by atoms with Crippen LogP contribution in [0.2, 0.25) is 0 Å². The molecule has 1 atom stereocenters. The zero-order valence-electron chi connectivity index (χ0n) is 14.7. The lowest BCUT2D eigenvalue weighted by molar-refractivity contribution is -0.384. The van der Waals surface area contributed by atoms with Crippen molar-refractivity contribution in [3.63, 3.8) is 0 Å². The molecule has 0 spiro atoms. The van der Waals surface area contributed by atoms with E-state index in [2.05, 4.69) is 10.6 Å². The van der Waals surface area contributed by atoms with Crippen LogP contribution in [0, 0.1) is 10.1 Å². The summed E-state index contributed by atoms with van der Waals surface area (Å²) in [5, 5.41) is 14.5. The third-order valence-electron chi connectivity index (χ3n) is 3.87. The molecule has 148 valence electrons. The first-order valence-corrected chi connectivity index (χ1v) is 9.59. The Morgan fingerprint density at radius 3 is 2.59 bits per heavy atom. The number of non-ortho nitro benzene ring substituents is 1. The van der Waals surface area contributed by atoms with E-state index in [1.807, 2.05) is 0 Å². The number of thioether (sulfide) groups is 1. The lowest BCUT2D eigenvalue weighted by Crippen LogP contribution is -2.38. The van der Waals surface area contributed by atoms with Crippen LogP contribution < -0.4 is 15.5 Å². The Bertz CT molecular complexity index is 999. The number of rotatable bonds is 5. The van der Waals surface area contributed by atoms with Crippen LogP contribution in [0.5, 0.6) is 0 Å². The van der Waals surface area contributed by atoms with Crippen LogP contribution in [0.25, 0.3) is 0 Å². The van der Waals surface area contributed by atoms with Gasteiger partial charge in [0.25, 0.3) is 10.9 Å². The summed E-state index contributed by atoms with van der Waals surface area (Å²) in [6.45, 7) is 0. The number of benzene rings is 2. The van der Waals surface area contributed by atoms with E-state index in [9.17, 15) is 24.5 Å². The third kappa shape index (κ3) is 4.95. The molecule has 9 nitrogen and oxygen atoms in total. The Morgan fingerprint density at radius 2 is 1.90 bits per heavy atom. The zero-order chi connectivity index (χ0) is 21.0. The van der Waals surface area contributed by atoms with E-state index < -0.39 is 27.2 Å². The molecule has 1 aliphatic rings. The molecule has 0 saturated carbocycles. The van der Waals surface area contributed by atoms with Gasteiger partial charge in [0.1, 0.15) is 5.25 Å². The predicted octanol–water partition coefficient (Wildman–Crippen LogP) is 3.07. The van der Waals surface area contributed by atoms with Crippen molar-refractivity contribution in [1.29, 1.82) is 0 Å². The van der Waals surface area contributed by atoms with E-state index in [1.54, 1.807) is 36.4 Å². The minimum absolute atomic E-state index is 0.0721. The number of anilines is 2. The maximum atomic E-state index is 12.5. The van der Waals surface area contributed by atoms with Gasteiger partial charge in [0.2, 0.25) is 11.8 Å². The largest absolute Gasteiger partial charge is 0.332 e. The van der Waals surface area contributed by atoms with E-state index in [1.165, 1.54) is 18.2 Å². The molecule has 2 N–H and O–H groups in total. The standard InChI is InChI=1S/C18H14N4O5S2/c23-15(20-17(28)19-11-5-4-8-13(9-11)22(26)27)10-14-16(24)21(18(25)29-14)12-6-2-1-3-7-12/h1-9,14H,10H2,(H2,19,20,23,28)/t14-/m1/s1. The van der Waals surface area contributed by atoms with Gasteiger partial charge in [-0.2, -0.15) is 0 Å². The van der Waals surface area contributed by atoms with E-state index in [4.69, 9.17) is 12.2 Å². The molecule has 11 heteroatoms. The van der Waals surface area contributed by atoms with Crippen LogP contribution in [-0.4, -0.2) is 32.3 Å². The van der Waals surface area contributed by atoms with Crippen LogP contribution in [0.3, 0.4) is 0 Å². The van der Waals surface area contributed by atoms with Gasteiger partial charge in [-0.1, -0.05) is 24.3 Å². The molecule has 3 amide bonds. The highest BCUT2D eigenvalue weighted by Gasteiger charge is 2.41. The second-order valence-electron chi connectivity index (χ2n) is 5.90. The number of nitrogens with one attached hydrogen (secondary N) is 2. The van der Waals surface area contributed by atoms with Crippen LogP contribution in [0.1, 0.15) is 6.42 Å². The van der Waals surface area contributed by atoms with Crippen LogP contribution >= 0.6 is 24.0 Å². The van der Waals surface area contributed by atoms with Crippen molar-refractivity contribution < 1.29 is 19.3 Å². The summed E-state index contributed by atoms with van der Waals surface area (Å²) < 4.78 is 0. The molecule has 0 unspecified atom stereocenters. The Balaban J connectivity index is 1.57. The zero-order valence-corrected chi connectivity index (χ0v) is 16.4. The summed E-state index contributed by atoms with van der Waals surface area (Å²) in [4.78, 5) is 48.2. The number of hydrogen-bond donors (Lipinski definition) is 2. The van der Waals surface area contributed by atoms with Gasteiger partial charge in [-0.15, -0.1) is 0 Å². The highest BCUT2D eigenvalue weighted by atomic mass is 32.2. The molecule has 1 saturated heterocycles. The number of nitro groups is 1. The SMILES string of the molecule is O=C(C[C@H]1SC(=O)N(c2ccccc2)C1=O)NC(=S)Nc1cccc([N+](=O)[O-])c1. The van der Waals surface area contributed by atoms with E-state index >= 15 is 0 Å². The molecule has 1 fully saturated rings. The van der Waals surface area contributed by atoms with Crippen molar-refractivity contribution in [3.8, 4) is 0 Å². The van der Waals surface area contributed by atoms with Crippen LogP contribution in [0.15, 0.2) is 54.6 Å². The van der Waals surface area contributed by atoms with Gasteiger partial charge in [-0.05, 0) is 42.2 Å². The summed E-state index contributed by atoms with van der Waals surface area (Å²) in [7, 11) is 0. The molecule has 2 aromatic rings. The number of nitro benzene ring substituents is 1. The van der Waals surface area contributed by atoms with Crippen molar-refractivity contribution in [2.24, 2.45) is 0 Å². The van der Waals surface area contributed by atoms with Gasteiger partial charge in [0, 0.05) is 24.2 Å². The summed E-state index contributed by atoms with van der Waals surface area (Å²) in [5.74, 6) is -1.03. The number of thiocarbonyl (C=S) groups is 1. The average molecular weight is 430 g/mol. The number of amides is 3. The smallest absolute Gasteiger partial charge is 0.293 e. The van der Waals surface area contributed by atoms with Crippen molar-refractivity contribution in [1.82, 2.24) is 5.32 Å². The first kappa shape index (κ1) is 20.4. The average Bonchev–Trinajstić information content (AvgIpc) is 2.95. The molecule has 0 aliphatic carbocycles. The Kier molecular flexibility index (Phi) is 6.20. The minimum atomic E-state index is -0.858. The fourth-order valence-electron chi connectivity index (χ4n) is 2.60. The van der Waals surface area contributed by atoms with Gasteiger partial charge >= 0.3 is 0 Å².